The molecule has 0 aliphatic rings. The summed E-state index contributed by atoms with van der Waals surface area (Å²) in [4.78, 5) is 23.3. The molecule has 0 aliphatic heterocycles. The van der Waals surface area contributed by atoms with Crippen LogP contribution in [0.25, 0.3) is 0 Å². The van der Waals surface area contributed by atoms with Gasteiger partial charge in [0.2, 0.25) is 5.91 Å². The summed E-state index contributed by atoms with van der Waals surface area (Å²) in [6.07, 6.45) is 0.911. The van der Waals surface area contributed by atoms with Gasteiger partial charge < -0.3 is 20.6 Å². The summed E-state index contributed by atoms with van der Waals surface area (Å²) in [7, 11) is 0. The van der Waals surface area contributed by atoms with Crippen LogP contribution in [0.15, 0.2) is 0 Å². The molecule has 112 valence electrons. The van der Waals surface area contributed by atoms with Crippen molar-refractivity contribution in [2.45, 2.75) is 52.0 Å². The second-order valence-corrected chi connectivity index (χ2v) is 4.97. The molecule has 0 aromatic heterocycles. The van der Waals surface area contributed by atoms with Crippen molar-refractivity contribution in [3.8, 4) is 0 Å². The van der Waals surface area contributed by atoms with Crippen LogP contribution in [0, 0.1) is 5.41 Å². The lowest BCUT2D eigenvalue weighted by molar-refractivity contribution is -0.152. The van der Waals surface area contributed by atoms with Crippen molar-refractivity contribution in [2.24, 2.45) is 5.41 Å². The molecule has 0 fully saturated rings. The Balaban J connectivity index is 4.89. The number of carboxylic acid groups (broad SMARTS) is 1. The van der Waals surface area contributed by atoms with Gasteiger partial charge in [-0.3, -0.25) is 9.59 Å². The first kappa shape index (κ1) is 17.9. The Morgan fingerprint density at radius 1 is 1.00 bits per heavy atom. The van der Waals surface area contributed by atoms with Gasteiger partial charge in [0.15, 0.2) is 0 Å². The van der Waals surface area contributed by atoms with Crippen LogP contribution in [0.1, 0.15) is 46.5 Å². The molecule has 0 radical (unpaired) electrons. The summed E-state index contributed by atoms with van der Waals surface area (Å²) < 4.78 is 0. The third kappa shape index (κ3) is 4.18. The van der Waals surface area contributed by atoms with Gasteiger partial charge in [0, 0.05) is 6.42 Å². The summed E-state index contributed by atoms with van der Waals surface area (Å²) in [5.41, 5.74) is -2.17. The molecular formula is C13H25NO5. The first-order valence-electron chi connectivity index (χ1n) is 6.61. The molecule has 0 spiro atoms. The van der Waals surface area contributed by atoms with Gasteiger partial charge in [-0.2, -0.15) is 0 Å². The van der Waals surface area contributed by atoms with E-state index in [2.05, 4.69) is 5.32 Å². The molecule has 0 unspecified atom stereocenters. The average Bonchev–Trinajstić information content (AvgIpc) is 2.42. The van der Waals surface area contributed by atoms with Gasteiger partial charge in [-0.25, -0.2) is 0 Å². The van der Waals surface area contributed by atoms with Gasteiger partial charge in [-0.05, 0) is 19.3 Å². The molecule has 6 heteroatoms. The van der Waals surface area contributed by atoms with Gasteiger partial charge >= 0.3 is 5.97 Å². The van der Waals surface area contributed by atoms with Gasteiger partial charge in [-0.15, -0.1) is 0 Å². The molecule has 0 aromatic rings. The van der Waals surface area contributed by atoms with Gasteiger partial charge in [0.1, 0.15) is 0 Å². The van der Waals surface area contributed by atoms with Crippen molar-refractivity contribution >= 4 is 11.9 Å². The van der Waals surface area contributed by atoms with Crippen LogP contribution in [0.5, 0.6) is 0 Å². The Morgan fingerprint density at radius 2 is 1.47 bits per heavy atom. The van der Waals surface area contributed by atoms with E-state index in [1.54, 1.807) is 20.8 Å². The van der Waals surface area contributed by atoms with Crippen molar-refractivity contribution in [1.29, 1.82) is 0 Å². The van der Waals surface area contributed by atoms with E-state index in [0.717, 1.165) is 0 Å². The lowest BCUT2D eigenvalue weighted by Crippen LogP contribution is -2.55. The minimum absolute atomic E-state index is 0.156. The van der Waals surface area contributed by atoms with Gasteiger partial charge in [-0.1, -0.05) is 20.8 Å². The van der Waals surface area contributed by atoms with Crippen molar-refractivity contribution < 1.29 is 24.9 Å². The molecule has 4 N–H and O–H groups in total. The number of amides is 1. The molecule has 0 bridgehead atoms. The molecule has 0 atom stereocenters. The SMILES string of the molecule is CCC(CO)(CO)NC(=O)CC(CC)(CC)C(=O)O. The fourth-order valence-corrected chi connectivity index (χ4v) is 1.97. The fourth-order valence-electron chi connectivity index (χ4n) is 1.97. The maximum atomic E-state index is 12.0. The van der Waals surface area contributed by atoms with E-state index in [1.165, 1.54) is 0 Å². The third-order valence-electron chi connectivity index (χ3n) is 3.99. The maximum absolute atomic E-state index is 12.0. The number of aliphatic carboxylic acids is 1. The van der Waals surface area contributed by atoms with Crippen molar-refractivity contribution in [1.82, 2.24) is 5.32 Å². The second kappa shape index (κ2) is 7.45. The van der Waals surface area contributed by atoms with Gasteiger partial charge in [0.25, 0.3) is 0 Å². The molecule has 0 saturated carbocycles. The number of aliphatic hydroxyl groups is 2. The summed E-state index contributed by atoms with van der Waals surface area (Å²) >= 11 is 0. The molecule has 6 nitrogen and oxygen atoms in total. The minimum Gasteiger partial charge on any atom is -0.481 e. The maximum Gasteiger partial charge on any atom is 0.310 e. The number of hydrogen-bond donors (Lipinski definition) is 4. The first-order chi connectivity index (χ1) is 8.85. The molecule has 0 heterocycles. The summed E-state index contributed by atoms with van der Waals surface area (Å²) in [6.45, 7) is 4.43. The number of hydrogen-bond acceptors (Lipinski definition) is 4. The van der Waals surface area contributed by atoms with Crippen molar-refractivity contribution in [3.05, 3.63) is 0 Å². The van der Waals surface area contributed by atoms with E-state index in [4.69, 9.17) is 0 Å². The second-order valence-electron chi connectivity index (χ2n) is 4.97. The molecule has 0 aliphatic carbocycles. The first-order valence-corrected chi connectivity index (χ1v) is 6.61. The highest BCUT2D eigenvalue weighted by Gasteiger charge is 2.39. The Labute approximate surface area is 113 Å². The van der Waals surface area contributed by atoms with Crippen LogP contribution in [0.3, 0.4) is 0 Å². The number of rotatable bonds is 9. The number of carbonyl (C=O) groups is 2. The van der Waals surface area contributed by atoms with Crippen LogP contribution in [0.2, 0.25) is 0 Å². The number of carboxylic acids is 1. The van der Waals surface area contributed by atoms with E-state index in [0.29, 0.717) is 19.3 Å². The predicted octanol–water partition coefficient (Wildman–Crippen LogP) is 0.517. The Morgan fingerprint density at radius 3 is 1.74 bits per heavy atom. The summed E-state index contributed by atoms with van der Waals surface area (Å²) in [5.74, 6) is -1.46. The van der Waals surface area contributed by atoms with E-state index in [-0.39, 0.29) is 19.6 Å². The Hall–Kier alpha value is -1.14. The van der Waals surface area contributed by atoms with E-state index in [9.17, 15) is 24.9 Å². The van der Waals surface area contributed by atoms with Crippen LogP contribution in [-0.2, 0) is 9.59 Å². The molecule has 0 aromatic carbocycles. The van der Waals surface area contributed by atoms with Crippen LogP contribution >= 0.6 is 0 Å². The number of nitrogens with one attached hydrogen (secondary N) is 1. The molecule has 0 rings (SSSR count). The smallest absolute Gasteiger partial charge is 0.310 e. The quantitative estimate of drug-likeness (QED) is 0.490. The lowest BCUT2D eigenvalue weighted by atomic mass is 9.78. The molecular weight excluding hydrogens is 250 g/mol. The highest BCUT2D eigenvalue weighted by molar-refractivity contribution is 5.85. The minimum atomic E-state index is -1.09. The zero-order valence-corrected chi connectivity index (χ0v) is 11.9. The van der Waals surface area contributed by atoms with Crippen LogP contribution in [-0.4, -0.2) is 45.9 Å². The number of aliphatic hydroxyl groups excluding tert-OH is 2. The lowest BCUT2D eigenvalue weighted by Gasteiger charge is -2.32. The average molecular weight is 275 g/mol. The van der Waals surface area contributed by atoms with Crippen LogP contribution in [0.4, 0.5) is 0 Å². The highest BCUT2D eigenvalue weighted by Crippen LogP contribution is 2.31. The van der Waals surface area contributed by atoms with Crippen molar-refractivity contribution in [2.75, 3.05) is 13.2 Å². The van der Waals surface area contributed by atoms with E-state index < -0.39 is 22.8 Å². The third-order valence-corrected chi connectivity index (χ3v) is 3.99. The Kier molecular flexibility index (Phi) is 7.00. The van der Waals surface area contributed by atoms with E-state index in [1.807, 2.05) is 0 Å². The van der Waals surface area contributed by atoms with E-state index >= 15 is 0 Å². The van der Waals surface area contributed by atoms with Gasteiger partial charge in [0.05, 0.1) is 24.2 Å². The standard InChI is InChI=1S/C13H25NO5/c1-4-12(5-2,11(18)19)7-10(17)14-13(6-3,8-15)9-16/h15-16H,4-9H2,1-3H3,(H,14,17)(H,18,19). The number of carbonyl (C=O) groups excluding carboxylic acids is 1. The molecule has 19 heavy (non-hydrogen) atoms. The topological polar surface area (TPSA) is 107 Å². The highest BCUT2D eigenvalue weighted by atomic mass is 16.4. The van der Waals surface area contributed by atoms with Crippen molar-refractivity contribution in [3.63, 3.8) is 0 Å². The Bertz CT molecular complexity index is 300. The zero-order valence-electron chi connectivity index (χ0n) is 11.9. The normalized spacial score (nSPS) is 12.3. The summed E-state index contributed by atoms with van der Waals surface area (Å²) in [5, 5.41) is 30.3. The monoisotopic (exact) mass is 275 g/mol. The summed E-state index contributed by atoms with van der Waals surface area (Å²) in [6, 6.07) is 0. The van der Waals surface area contributed by atoms with Crippen LogP contribution < -0.4 is 5.32 Å². The zero-order chi connectivity index (χ0) is 15.1. The molecule has 0 saturated heterocycles. The predicted molar refractivity (Wildman–Crippen MR) is 70.6 cm³/mol. The largest absolute Gasteiger partial charge is 0.481 e. The molecule has 1 amide bonds. The fraction of sp³-hybridized carbons (Fsp3) is 0.846.